The van der Waals surface area contributed by atoms with Crippen molar-refractivity contribution in [3.63, 3.8) is 0 Å². The van der Waals surface area contributed by atoms with Gasteiger partial charge in [-0.1, -0.05) is 48.5 Å². The second kappa shape index (κ2) is 17.6. The van der Waals surface area contributed by atoms with E-state index in [0.29, 0.717) is 49.7 Å². The minimum absolute atomic E-state index is 0.0323. The molecule has 3 aromatic rings. The van der Waals surface area contributed by atoms with Crippen LogP contribution in [0.25, 0.3) is 0 Å². The van der Waals surface area contributed by atoms with Crippen LogP contribution in [0.1, 0.15) is 47.7 Å². The van der Waals surface area contributed by atoms with E-state index < -0.39 is 29.8 Å². The van der Waals surface area contributed by atoms with Gasteiger partial charge in [-0.2, -0.15) is 0 Å². The summed E-state index contributed by atoms with van der Waals surface area (Å²) in [5, 5.41) is 8.57. The van der Waals surface area contributed by atoms with E-state index in [0.717, 1.165) is 11.1 Å². The topological polar surface area (TPSA) is 135 Å². The third-order valence-electron chi connectivity index (χ3n) is 7.86. The molecule has 1 aliphatic heterocycles. The number of rotatable bonds is 10. The number of nitrogens with zero attached hydrogens (tertiary/aromatic N) is 1. The molecule has 4 rings (SSSR count). The molecular formula is C36H44N4O7. The van der Waals surface area contributed by atoms with Crippen LogP contribution in [0.4, 0.5) is 0 Å². The minimum Gasteiger partial charge on any atom is -0.493 e. The maximum absolute atomic E-state index is 13.4. The van der Waals surface area contributed by atoms with Gasteiger partial charge in [0, 0.05) is 26.4 Å². The van der Waals surface area contributed by atoms with E-state index >= 15 is 0 Å². The summed E-state index contributed by atoms with van der Waals surface area (Å²) in [6, 6.07) is 20.1. The Kier molecular flexibility index (Phi) is 13.0. The van der Waals surface area contributed by atoms with Gasteiger partial charge >= 0.3 is 0 Å². The molecule has 47 heavy (non-hydrogen) atoms. The first-order valence-electron chi connectivity index (χ1n) is 16.0. The van der Waals surface area contributed by atoms with E-state index in [-0.39, 0.29) is 37.5 Å². The number of likely N-dealkylation sites (N-methyl/N-ethyl adjacent to an activating group) is 1. The summed E-state index contributed by atoms with van der Waals surface area (Å²) < 4.78 is 16.9. The lowest BCUT2D eigenvalue weighted by Crippen LogP contribution is -2.50. The highest BCUT2D eigenvalue weighted by Gasteiger charge is 2.28. The number of amides is 4. The predicted octanol–water partition coefficient (Wildman–Crippen LogP) is 3.30. The zero-order valence-corrected chi connectivity index (χ0v) is 27.3. The molecular weight excluding hydrogens is 600 g/mol. The van der Waals surface area contributed by atoms with Gasteiger partial charge in [0.1, 0.15) is 24.4 Å². The molecule has 250 valence electrons. The molecule has 0 spiro atoms. The smallest absolute Gasteiger partial charge is 0.255 e. The number of para-hydroxylation sites is 1. The highest BCUT2D eigenvalue weighted by atomic mass is 16.5. The molecule has 2 atom stereocenters. The van der Waals surface area contributed by atoms with Gasteiger partial charge in [-0.25, -0.2) is 0 Å². The Morgan fingerprint density at radius 1 is 0.979 bits per heavy atom. The molecule has 0 saturated carbocycles. The van der Waals surface area contributed by atoms with Gasteiger partial charge in [-0.05, 0) is 61.6 Å². The summed E-state index contributed by atoms with van der Waals surface area (Å²) in [7, 11) is 3.24. The highest BCUT2D eigenvalue weighted by molar-refractivity contribution is 5.99. The zero-order valence-electron chi connectivity index (χ0n) is 27.3. The summed E-state index contributed by atoms with van der Waals surface area (Å²) in [5.74, 6) is 0.0946. The van der Waals surface area contributed by atoms with Crippen LogP contribution < -0.4 is 30.2 Å². The van der Waals surface area contributed by atoms with Crippen molar-refractivity contribution >= 4 is 23.6 Å². The zero-order chi connectivity index (χ0) is 33.6. The summed E-state index contributed by atoms with van der Waals surface area (Å²) in [6.07, 6.45) is 1.58. The number of hydrogen-bond acceptors (Lipinski definition) is 7. The summed E-state index contributed by atoms with van der Waals surface area (Å²) in [6.45, 7) is 3.16. The molecule has 0 bridgehead atoms. The van der Waals surface area contributed by atoms with Crippen LogP contribution in [0.5, 0.6) is 17.2 Å². The Morgan fingerprint density at radius 2 is 1.74 bits per heavy atom. The number of fused-ring (bicyclic) bond motifs is 1. The molecule has 4 amide bonds. The first kappa shape index (κ1) is 34.8. The van der Waals surface area contributed by atoms with Gasteiger partial charge in [0.05, 0.1) is 25.8 Å². The third-order valence-corrected chi connectivity index (χ3v) is 7.86. The molecule has 0 radical (unpaired) electrons. The predicted molar refractivity (Wildman–Crippen MR) is 178 cm³/mol. The molecule has 1 heterocycles. The maximum Gasteiger partial charge on any atom is 0.255 e. The molecule has 3 aromatic carbocycles. The molecule has 0 unspecified atom stereocenters. The van der Waals surface area contributed by atoms with Crippen LogP contribution >= 0.6 is 0 Å². The molecule has 1 aliphatic rings. The van der Waals surface area contributed by atoms with Gasteiger partial charge in [0.2, 0.25) is 17.7 Å². The van der Waals surface area contributed by atoms with E-state index in [1.165, 1.54) is 4.90 Å². The number of benzene rings is 3. The standard InChI is InChI=1S/C36H44N4O7/c1-4-46-31-18-16-26(24-32(31)45-3)13-10-20-37-35(43)28-17-19-33(41)38-29(23-25-11-6-5-7-12-25)36(44)40(2)21-22-47-30-15-9-8-14-27(30)34(42)39-28/h5-9,11-12,14-16,18,24,28-29H,4,10,13,17,19-23H2,1-3H3,(H,37,43)(H,38,41)(H,39,42)/t28-,29-/m0/s1. The lowest BCUT2D eigenvalue weighted by molar-refractivity contribution is -0.135. The minimum atomic E-state index is -0.997. The van der Waals surface area contributed by atoms with Gasteiger partial charge in [-0.15, -0.1) is 0 Å². The number of carbonyl (C=O) groups is 4. The largest absolute Gasteiger partial charge is 0.493 e. The quantitative estimate of drug-likeness (QED) is 0.288. The molecule has 0 aliphatic carbocycles. The SMILES string of the molecule is CCOc1ccc(CCCNC(=O)[C@@H]2CCC(=O)N[C@@H](Cc3ccccc3)C(=O)N(C)CCOc3ccccc3C(=O)N2)cc1OC. The lowest BCUT2D eigenvalue weighted by atomic mass is 10.0. The molecule has 0 saturated heterocycles. The van der Waals surface area contributed by atoms with Gasteiger partial charge in [0.15, 0.2) is 11.5 Å². The molecule has 0 aromatic heterocycles. The number of methoxy groups -OCH3 is 1. The monoisotopic (exact) mass is 644 g/mol. The van der Waals surface area contributed by atoms with Crippen LogP contribution in [0, 0.1) is 0 Å². The van der Waals surface area contributed by atoms with Crippen molar-refractivity contribution in [1.29, 1.82) is 0 Å². The Balaban J connectivity index is 1.46. The fraction of sp³-hybridized carbons (Fsp3) is 0.389. The van der Waals surface area contributed by atoms with E-state index in [4.69, 9.17) is 14.2 Å². The number of hydrogen-bond donors (Lipinski definition) is 3. The second-order valence-electron chi connectivity index (χ2n) is 11.3. The Labute approximate surface area is 276 Å². The Hall–Kier alpha value is -5.06. The number of aryl methyl sites for hydroxylation is 1. The second-order valence-corrected chi connectivity index (χ2v) is 11.3. The van der Waals surface area contributed by atoms with E-state index in [9.17, 15) is 19.2 Å². The van der Waals surface area contributed by atoms with E-state index in [1.807, 2.05) is 55.5 Å². The molecule has 11 heteroatoms. The van der Waals surface area contributed by atoms with Crippen LogP contribution in [-0.4, -0.2) is 81.1 Å². The number of ether oxygens (including phenoxy) is 3. The third kappa shape index (κ3) is 10.2. The fourth-order valence-electron chi connectivity index (χ4n) is 5.32. The highest BCUT2D eigenvalue weighted by Crippen LogP contribution is 2.28. The number of nitrogens with one attached hydrogen (secondary N) is 3. The van der Waals surface area contributed by atoms with Crippen molar-refractivity contribution in [3.05, 3.63) is 89.5 Å². The van der Waals surface area contributed by atoms with Gasteiger partial charge in [0.25, 0.3) is 5.91 Å². The summed E-state index contributed by atoms with van der Waals surface area (Å²) in [4.78, 5) is 54.9. The fourth-order valence-corrected chi connectivity index (χ4v) is 5.32. The average molecular weight is 645 g/mol. The average Bonchev–Trinajstić information content (AvgIpc) is 3.08. The van der Waals surface area contributed by atoms with Crippen LogP contribution in [0.15, 0.2) is 72.8 Å². The maximum atomic E-state index is 13.4. The van der Waals surface area contributed by atoms with Crippen LogP contribution in [0.2, 0.25) is 0 Å². The van der Waals surface area contributed by atoms with Crippen molar-refractivity contribution in [2.75, 3.05) is 40.5 Å². The summed E-state index contributed by atoms with van der Waals surface area (Å²) in [5.41, 5.74) is 2.18. The number of carbonyl (C=O) groups excluding carboxylic acids is 4. The normalized spacial score (nSPS) is 17.6. The molecule has 0 fully saturated rings. The van der Waals surface area contributed by atoms with Crippen molar-refractivity contribution in [2.45, 2.75) is 51.1 Å². The lowest BCUT2D eigenvalue weighted by Gasteiger charge is -2.25. The van der Waals surface area contributed by atoms with E-state index in [2.05, 4.69) is 16.0 Å². The van der Waals surface area contributed by atoms with Crippen LogP contribution in [-0.2, 0) is 27.2 Å². The van der Waals surface area contributed by atoms with Crippen molar-refractivity contribution in [2.24, 2.45) is 0 Å². The first-order valence-corrected chi connectivity index (χ1v) is 16.0. The van der Waals surface area contributed by atoms with Crippen molar-refractivity contribution in [1.82, 2.24) is 20.9 Å². The Bertz CT molecular complexity index is 1510. The van der Waals surface area contributed by atoms with Gasteiger partial charge in [-0.3, -0.25) is 19.2 Å². The van der Waals surface area contributed by atoms with E-state index in [1.54, 1.807) is 38.4 Å². The van der Waals surface area contributed by atoms with Crippen molar-refractivity contribution < 1.29 is 33.4 Å². The molecule has 11 nitrogen and oxygen atoms in total. The van der Waals surface area contributed by atoms with Crippen LogP contribution in [0.3, 0.4) is 0 Å². The van der Waals surface area contributed by atoms with Gasteiger partial charge < -0.3 is 35.1 Å². The summed E-state index contributed by atoms with van der Waals surface area (Å²) >= 11 is 0. The molecule has 3 N–H and O–H groups in total. The Morgan fingerprint density at radius 3 is 2.51 bits per heavy atom. The van der Waals surface area contributed by atoms with Crippen molar-refractivity contribution in [3.8, 4) is 17.2 Å². The first-order chi connectivity index (χ1) is 22.8.